The third-order valence-corrected chi connectivity index (χ3v) is 6.93. The Kier molecular flexibility index (Phi) is 5.42. The van der Waals surface area contributed by atoms with Gasteiger partial charge >= 0.3 is 0 Å². The van der Waals surface area contributed by atoms with Crippen LogP contribution in [0.3, 0.4) is 0 Å². The summed E-state index contributed by atoms with van der Waals surface area (Å²) in [6.45, 7) is 3.18. The lowest BCUT2D eigenvalue weighted by Crippen LogP contribution is -2.56. The summed E-state index contributed by atoms with van der Waals surface area (Å²) in [5.74, 6) is 0.253. The third kappa shape index (κ3) is 3.94. The Balaban J connectivity index is 1.62. The van der Waals surface area contributed by atoms with Crippen molar-refractivity contribution >= 4 is 15.7 Å². The Hall–Kier alpha value is -1.44. The number of likely N-dealkylation sites (N-methyl/N-ethyl adjacent to an activating group) is 1. The maximum Gasteiger partial charge on any atom is 0.228 e. The van der Waals surface area contributed by atoms with Crippen LogP contribution in [-0.2, 0) is 25.9 Å². The molecule has 144 valence electrons. The summed E-state index contributed by atoms with van der Waals surface area (Å²) >= 11 is 0. The van der Waals surface area contributed by atoms with E-state index in [0.29, 0.717) is 11.4 Å². The first-order valence-corrected chi connectivity index (χ1v) is 10.9. The third-order valence-electron chi connectivity index (χ3n) is 5.80. The van der Waals surface area contributed by atoms with Gasteiger partial charge in [0.25, 0.3) is 0 Å². The molecule has 1 unspecified atom stereocenters. The molecule has 0 saturated carbocycles. The van der Waals surface area contributed by atoms with Crippen LogP contribution >= 0.6 is 0 Å². The van der Waals surface area contributed by atoms with Gasteiger partial charge in [0, 0.05) is 33.5 Å². The first-order valence-electron chi connectivity index (χ1n) is 9.03. The molecular formula is C19H28N2O4S. The molecule has 26 heavy (non-hydrogen) atoms. The van der Waals surface area contributed by atoms with E-state index >= 15 is 0 Å². The van der Waals surface area contributed by atoms with Gasteiger partial charge in [-0.25, -0.2) is 8.42 Å². The molecule has 0 radical (unpaired) electrons. The molecular weight excluding hydrogens is 352 g/mol. The summed E-state index contributed by atoms with van der Waals surface area (Å²) < 4.78 is 28.7. The molecule has 1 aromatic carbocycles. The van der Waals surface area contributed by atoms with Gasteiger partial charge in [-0.3, -0.25) is 9.69 Å². The standard InChI is InChI=1S/C19H28N2O4S/c1-20-14-16(25-2)12-19(18(20)22)8-10-21(11-9-19)13-15-4-6-17(7-5-15)26(3,23)24/h4-7,16H,8-14H2,1-3H3. The molecule has 0 aliphatic carbocycles. The quantitative estimate of drug-likeness (QED) is 0.793. The van der Waals surface area contributed by atoms with Crippen molar-refractivity contribution in [1.82, 2.24) is 9.80 Å². The van der Waals surface area contributed by atoms with Crippen LogP contribution in [0.2, 0.25) is 0 Å². The van der Waals surface area contributed by atoms with Crippen molar-refractivity contribution < 1.29 is 17.9 Å². The number of nitrogens with zero attached hydrogens (tertiary/aromatic N) is 2. The minimum Gasteiger partial charge on any atom is -0.380 e. The van der Waals surface area contributed by atoms with Crippen molar-refractivity contribution in [2.24, 2.45) is 5.41 Å². The zero-order valence-corrected chi connectivity index (χ0v) is 16.6. The number of methoxy groups -OCH3 is 1. The Morgan fingerprint density at radius 1 is 1.19 bits per heavy atom. The lowest BCUT2D eigenvalue weighted by Gasteiger charge is -2.47. The van der Waals surface area contributed by atoms with Gasteiger partial charge in [-0.05, 0) is 50.0 Å². The fourth-order valence-electron chi connectivity index (χ4n) is 4.20. The van der Waals surface area contributed by atoms with E-state index in [0.717, 1.165) is 44.5 Å². The topological polar surface area (TPSA) is 66.9 Å². The molecule has 1 atom stereocenters. The number of likely N-dealkylation sites (tertiary alicyclic amines) is 2. The van der Waals surface area contributed by atoms with Gasteiger partial charge in [0.15, 0.2) is 9.84 Å². The maximum absolute atomic E-state index is 12.8. The van der Waals surface area contributed by atoms with Crippen LogP contribution in [-0.4, -0.2) is 70.3 Å². The summed E-state index contributed by atoms with van der Waals surface area (Å²) in [5, 5.41) is 0. The molecule has 3 rings (SSSR count). The highest BCUT2D eigenvalue weighted by molar-refractivity contribution is 7.90. The zero-order chi connectivity index (χ0) is 18.9. The molecule has 7 heteroatoms. The number of hydrogen-bond acceptors (Lipinski definition) is 5. The second-order valence-corrected chi connectivity index (χ2v) is 9.74. The van der Waals surface area contributed by atoms with Crippen molar-refractivity contribution in [3.8, 4) is 0 Å². The first kappa shape index (κ1) is 19.3. The predicted molar refractivity (Wildman–Crippen MR) is 99.5 cm³/mol. The molecule has 0 aromatic heterocycles. The highest BCUT2D eigenvalue weighted by Gasteiger charge is 2.47. The maximum atomic E-state index is 12.8. The van der Waals surface area contributed by atoms with E-state index in [2.05, 4.69) is 4.90 Å². The minimum atomic E-state index is -3.16. The van der Waals surface area contributed by atoms with E-state index in [-0.39, 0.29) is 17.4 Å². The second-order valence-electron chi connectivity index (χ2n) is 7.72. The number of benzene rings is 1. The number of carbonyl (C=O) groups excluding carboxylic acids is 1. The SMILES string of the molecule is COC1CN(C)C(=O)C2(CCN(Cc3ccc(S(C)(=O)=O)cc3)CC2)C1. The Bertz CT molecular complexity index is 752. The number of piperidine rings is 2. The largest absolute Gasteiger partial charge is 0.380 e. The summed E-state index contributed by atoms with van der Waals surface area (Å²) in [7, 11) is 0.427. The Morgan fingerprint density at radius 2 is 1.81 bits per heavy atom. The lowest BCUT2D eigenvalue weighted by atomic mass is 9.71. The molecule has 0 N–H and O–H groups in total. The van der Waals surface area contributed by atoms with E-state index in [1.807, 2.05) is 24.1 Å². The van der Waals surface area contributed by atoms with Crippen LogP contribution in [0.5, 0.6) is 0 Å². The molecule has 2 fully saturated rings. The molecule has 0 bridgehead atoms. The van der Waals surface area contributed by atoms with E-state index in [4.69, 9.17) is 4.74 Å². The smallest absolute Gasteiger partial charge is 0.228 e. The summed E-state index contributed by atoms with van der Waals surface area (Å²) in [6.07, 6.45) is 3.84. The van der Waals surface area contributed by atoms with Crippen molar-refractivity contribution in [1.29, 1.82) is 0 Å². The van der Waals surface area contributed by atoms with Crippen LogP contribution in [0, 0.1) is 5.41 Å². The Labute approximate surface area is 156 Å². The highest BCUT2D eigenvalue weighted by Crippen LogP contribution is 2.41. The monoisotopic (exact) mass is 380 g/mol. The van der Waals surface area contributed by atoms with Gasteiger partial charge in [-0.2, -0.15) is 0 Å². The van der Waals surface area contributed by atoms with Gasteiger partial charge in [-0.1, -0.05) is 12.1 Å². The Morgan fingerprint density at radius 3 is 2.35 bits per heavy atom. The fourth-order valence-corrected chi connectivity index (χ4v) is 4.83. The summed E-state index contributed by atoms with van der Waals surface area (Å²) in [4.78, 5) is 17.3. The average molecular weight is 381 g/mol. The first-order chi connectivity index (χ1) is 12.2. The summed E-state index contributed by atoms with van der Waals surface area (Å²) in [6, 6.07) is 7.08. The van der Waals surface area contributed by atoms with Crippen LogP contribution in [0.4, 0.5) is 0 Å². The van der Waals surface area contributed by atoms with Crippen molar-refractivity contribution in [3.63, 3.8) is 0 Å². The van der Waals surface area contributed by atoms with Crippen molar-refractivity contribution in [3.05, 3.63) is 29.8 Å². The lowest BCUT2D eigenvalue weighted by molar-refractivity contribution is -0.156. The van der Waals surface area contributed by atoms with Gasteiger partial charge in [-0.15, -0.1) is 0 Å². The number of ether oxygens (including phenoxy) is 1. The number of sulfone groups is 1. The predicted octanol–water partition coefficient (Wildman–Crippen LogP) is 1.55. The van der Waals surface area contributed by atoms with Crippen LogP contribution in [0.1, 0.15) is 24.8 Å². The van der Waals surface area contributed by atoms with Crippen molar-refractivity contribution in [2.75, 3.05) is 40.0 Å². The van der Waals surface area contributed by atoms with Gasteiger partial charge in [0.05, 0.1) is 16.4 Å². The van der Waals surface area contributed by atoms with Gasteiger partial charge in [0.2, 0.25) is 5.91 Å². The zero-order valence-electron chi connectivity index (χ0n) is 15.8. The molecule has 2 heterocycles. The number of amides is 1. The molecule has 1 aromatic rings. The van der Waals surface area contributed by atoms with Gasteiger partial charge in [0.1, 0.15) is 0 Å². The molecule has 6 nitrogen and oxygen atoms in total. The minimum absolute atomic E-state index is 0.118. The molecule has 2 aliphatic heterocycles. The van der Waals surface area contributed by atoms with E-state index < -0.39 is 9.84 Å². The fraction of sp³-hybridized carbons (Fsp3) is 0.632. The van der Waals surface area contributed by atoms with E-state index in [9.17, 15) is 13.2 Å². The second kappa shape index (κ2) is 7.29. The van der Waals surface area contributed by atoms with Gasteiger partial charge < -0.3 is 9.64 Å². The number of rotatable bonds is 4. The van der Waals surface area contributed by atoms with E-state index in [1.54, 1.807) is 19.2 Å². The summed E-state index contributed by atoms with van der Waals surface area (Å²) in [5.41, 5.74) is 0.805. The van der Waals surface area contributed by atoms with Crippen LogP contribution in [0.25, 0.3) is 0 Å². The van der Waals surface area contributed by atoms with Crippen LogP contribution in [0.15, 0.2) is 29.2 Å². The number of hydrogen-bond donors (Lipinski definition) is 0. The molecule has 1 spiro atoms. The van der Waals surface area contributed by atoms with Crippen molar-refractivity contribution in [2.45, 2.75) is 36.8 Å². The normalized spacial score (nSPS) is 24.2. The molecule has 2 aliphatic rings. The number of carbonyl (C=O) groups is 1. The average Bonchev–Trinajstić information content (AvgIpc) is 2.61. The van der Waals surface area contributed by atoms with E-state index in [1.165, 1.54) is 6.26 Å². The highest BCUT2D eigenvalue weighted by atomic mass is 32.2. The van der Waals surface area contributed by atoms with Crippen LogP contribution < -0.4 is 0 Å². The molecule has 2 saturated heterocycles. The molecule has 1 amide bonds.